The van der Waals surface area contributed by atoms with Crippen LogP contribution >= 0.6 is 23.2 Å². The minimum atomic E-state index is -5.07. The van der Waals surface area contributed by atoms with E-state index in [-0.39, 0.29) is 12.1 Å². The summed E-state index contributed by atoms with van der Waals surface area (Å²) in [4.78, 5) is 14.3. The molecule has 1 N–H and O–H groups in total. The summed E-state index contributed by atoms with van der Waals surface area (Å²) < 4.78 is 75.2. The molecule has 2 fully saturated rings. The predicted octanol–water partition coefficient (Wildman–Crippen LogP) is 5.80. The van der Waals surface area contributed by atoms with Gasteiger partial charge in [-0.05, 0) is 62.8 Å². The lowest BCUT2D eigenvalue weighted by Crippen LogP contribution is -2.46. The van der Waals surface area contributed by atoms with Gasteiger partial charge in [0.2, 0.25) is 5.91 Å². The van der Waals surface area contributed by atoms with Crippen molar-refractivity contribution in [2.45, 2.75) is 61.9 Å². The third kappa shape index (κ3) is 7.46. The summed E-state index contributed by atoms with van der Waals surface area (Å²) in [6, 6.07) is 9.77. The minimum absolute atomic E-state index is 0.0556. The van der Waals surface area contributed by atoms with Gasteiger partial charge in [-0.2, -0.15) is 0 Å². The maximum Gasteiger partial charge on any atom is 0.573 e. The van der Waals surface area contributed by atoms with Crippen LogP contribution in [0.3, 0.4) is 0 Å². The Kier molecular flexibility index (Phi) is 9.01. The SMILES string of the molecule is O=C(NS(=O)(=O)c1ccccc1OC(F)(F)F)C1CCC(N2CCC(Oc3ccc(Cl)c(Cl)c3)CC2)CC1. The second-order valence-corrected chi connectivity index (χ2v) is 11.9. The second-order valence-electron chi connectivity index (χ2n) is 9.40. The molecule has 2 aromatic rings. The molecule has 1 saturated carbocycles. The first-order chi connectivity index (χ1) is 17.9. The molecule has 0 atom stereocenters. The van der Waals surface area contributed by atoms with Crippen molar-refractivity contribution in [2.75, 3.05) is 13.1 Å². The Hall–Kier alpha value is -2.21. The summed E-state index contributed by atoms with van der Waals surface area (Å²) in [6.45, 7) is 1.66. The number of sulfonamides is 1. The number of carbonyl (C=O) groups is 1. The van der Waals surface area contributed by atoms with Crippen molar-refractivity contribution in [3.8, 4) is 11.5 Å². The van der Waals surface area contributed by atoms with Crippen LogP contribution in [0, 0.1) is 5.92 Å². The number of halogens is 5. The number of carbonyl (C=O) groups excluding carboxylic acids is 1. The molecule has 0 radical (unpaired) electrons. The van der Waals surface area contributed by atoms with Gasteiger partial charge in [-0.3, -0.25) is 4.79 Å². The molecule has 0 unspecified atom stereocenters. The Balaban J connectivity index is 1.26. The number of rotatable bonds is 7. The van der Waals surface area contributed by atoms with Crippen LogP contribution in [-0.4, -0.2) is 50.8 Å². The van der Waals surface area contributed by atoms with Crippen molar-refractivity contribution >= 4 is 39.1 Å². The van der Waals surface area contributed by atoms with Gasteiger partial charge in [-0.25, -0.2) is 13.1 Å². The fourth-order valence-electron chi connectivity index (χ4n) is 4.96. The number of nitrogens with zero attached hydrogens (tertiary/aromatic N) is 1. The van der Waals surface area contributed by atoms with E-state index in [1.807, 2.05) is 4.72 Å². The molecule has 7 nitrogen and oxygen atoms in total. The van der Waals surface area contributed by atoms with Gasteiger partial charge in [-0.15, -0.1) is 13.2 Å². The highest BCUT2D eigenvalue weighted by molar-refractivity contribution is 7.90. The number of likely N-dealkylation sites (tertiary alicyclic amines) is 1. The fourth-order valence-corrected chi connectivity index (χ4v) is 6.42. The smallest absolute Gasteiger partial charge is 0.490 e. The molecule has 4 rings (SSSR count). The molecule has 1 amide bonds. The normalized spacial score (nSPS) is 21.6. The van der Waals surface area contributed by atoms with Crippen molar-refractivity contribution in [3.63, 3.8) is 0 Å². The highest BCUT2D eigenvalue weighted by Crippen LogP contribution is 2.33. The molecule has 1 heterocycles. The highest BCUT2D eigenvalue weighted by Gasteiger charge is 2.36. The Morgan fingerprint density at radius 3 is 2.24 bits per heavy atom. The van der Waals surface area contributed by atoms with E-state index in [0.29, 0.717) is 41.5 Å². The molecule has 1 aliphatic heterocycles. The van der Waals surface area contributed by atoms with Gasteiger partial charge >= 0.3 is 6.36 Å². The highest BCUT2D eigenvalue weighted by atomic mass is 35.5. The first-order valence-electron chi connectivity index (χ1n) is 12.2. The zero-order valence-electron chi connectivity index (χ0n) is 20.2. The maximum atomic E-state index is 12.7. The van der Waals surface area contributed by atoms with Crippen LogP contribution in [0.4, 0.5) is 13.2 Å². The number of para-hydroxylation sites is 1. The van der Waals surface area contributed by atoms with E-state index in [0.717, 1.165) is 38.1 Å². The Morgan fingerprint density at radius 1 is 0.947 bits per heavy atom. The van der Waals surface area contributed by atoms with Crippen molar-refractivity contribution in [2.24, 2.45) is 5.92 Å². The monoisotopic (exact) mass is 594 g/mol. The number of hydrogen-bond acceptors (Lipinski definition) is 6. The summed E-state index contributed by atoms with van der Waals surface area (Å²) >= 11 is 12.0. The van der Waals surface area contributed by atoms with E-state index in [1.54, 1.807) is 18.2 Å². The fraction of sp³-hybridized carbons (Fsp3) is 0.480. The van der Waals surface area contributed by atoms with Crippen LogP contribution in [0.5, 0.6) is 11.5 Å². The molecule has 0 bridgehead atoms. The summed E-state index contributed by atoms with van der Waals surface area (Å²) in [5, 5.41) is 0.907. The topological polar surface area (TPSA) is 84.9 Å². The molecule has 0 spiro atoms. The first-order valence-corrected chi connectivity index (χ1v) is 14.4. The molecule has 13 heteroatoms. The lowest BCUT2D eigenvalue weighted by Gasteiger charge is -2.40. The molecule has 1 aliphatic carbocycles. The molecule has 0 aromatic heterocycles. The van der Waals surface area contributed by atoms with Gasteiger partial charge in [0.25, 0.3) is 10.0 Å². The Bertz CT molecular complexity index is 1250. The van der Waals surface area contributed by atoms with Crippen LogP contribution in [0.2, 0.25) is 10.0 Å². The average Bonchev–Trinajstić information content (AvgIpc) is 2.86. The van der Waals surface area contributed by atoms with Crippen LogP contribution < -0.4 is 14.2 Å². The molecule has 2 aliphatic rings. The number of piperidine rings is 1. The van der Waals surface area contributed by atoms with Gasteiger partial charge in [-0.1, -0.05) is 35.3 Å². The summed E-state index contributed by atoms with van der Waals surface area (Å²) in [7, 11) is -4.55. The van der Waals surface area contributed by atoms with Crippen LogP contribution in [-0.2, 0) is 14.8 Å². The van der Waals surface area contributed by atoms with Gasteiger partial charge < -0.3 is 14.4 Å². The van der Waals surface area contributed by atoms with E-state index < -0.39 is 38.9 Å². The summed E-state index contributed by atoms with van der Waals surface area (Å²) in [5.41, 5.74) is 0. The zero-order chi connectivity index (χ0) is 27.5. The molecule has 1 saturated heterocycles. The minimum Gasteiger partial charge on any atom is -0.490 e. The van der Waals surface area contributed by atoms with Gasteiger partial charge in [0.1, 0.15) is 22.5 Å². The van der Waals surface area contributed by atoms with E-state index in [2.05, 4.69) is 9.64 Å². The summed E-state index contributed by atoms with van der Waals surface area (Å²) in [6.07, 6.45) is -0.970. The van der Waals surface area contributed by atoms with Gasteiger partial charge in [0.05, 0.1) is 10.0 Å². The van der Waals surface area contributed by atoms with Crippen molar-refractivity contribution < 1.29 is 35.9 Å². The van der Waals surface area contributed by atoms with E-state index in [9.17, 15) is 26.4 Å². The third-order valence-corrected chi connectivity index (χ3v) is 8.98. The maximum absolute atomic E-state index is 12.7. The number of alkyl halides is 3. The average molecular weight is 595 g/mol. The standard InChI is InChI=1S/C25H27Cl2F3N2O5S/c26-20-10-9-19(15-21(20)27)36-18-11-13-32(14-12-18)17-7-5-16(6-8-17)24(33)31-38(34,35)23-4-2-1-3-22(23)37-25(28,29)30/h1-4,9-10,15-18H,5-8,11-14H2,(H,31,33). The first kappa shape index (κ1) is 28.8. The van der Waals surface area contributed by atoms with Crippen LogP contribution in [0.1, 0.15) is 38.5 Å². The Morgan fingerprint density at radius 2 is 1.61 bits per heavy atom. The summed E-state index contributed by atoms with van der Waals surface area (Å²) in [5.74, 6) is -1.49. The van der Waals surface area contributed by atoms with Crippen molar-refractivity contribution in [1.29, 1.82) is 0 Å². The van der Waals surface area contributed by atoms with Crippen LogP contribution in [0.25, 0.3) is 0 Å². The van der Waals surface area contributed by atoms with Gasteiger partial charge in [0, 0.05) is 31.1 Å². The number of benzene rings is 2. The molecule has 208 valence electrons. The Labute approximate surface area is 229 Å². The zero-order valence-corrected chi connectivity index (χ0v) is 22.5. The number of ether oxygens (including phenoxy) is 2. The largest absolute Gasteiger partial charge is 0.573 e. The third-order valence-electron chi connectivity index (χ3n) is 6.85. The second kappa shape index (κ2) is 11.9. The predicted molar refractivity (Wildman–Crippen MR) is 136 cm³/mol. The molecular formula is C25H27Cl2F3N2O5S. The van der Waals surface area contributed by atoms with E-state index in [1.165, 1.54) is 12.1 Å². The number of nitrogens with one attached hydrogen (secondary N) is 1. The molecule has 2 aromatic carbocycles. The molecular weight excluding hydrogens is 568 g/mol. The number of hydrogen-bond donors (Lipinski definition) is 1. The van der Waals surface area contributed by atoms with E-state index in [4.69, 9.17) is 27.9 Å². The quantitative estimate of drug-likeness (QED) is 0.436. The lowest BCUT2D eigenvalue weighted by molar-refractivity contribution is -0.275. The van der Waals surface area contributed by atoms with Crippen molar-refractivity contribution in [3.05, 3.63) is 52.5 Å². The van der Waals surface area contributed by atoms with E-state index >= 15 is 0 Å². The number of amides is 1. The lowest BCUT2D eigenvalue weighted by atomic mass is 9.84. The molecule has 38 heavy (non-hydrogen) atoms. The van der Waals surface area contributed by atoms with Crippen molar-refractivity contribution in [1.82, 2.24) is 9.62 Å². The van der Waals surface area contributed by atoms with Crippen LogP contribution in [0.15, 0.2) is 47.4 Å². The van der Waals surface area contributed by atoms with Gasteiger partial charge in [0.15, 0.2) is 0 Å².